The monoisotopic (exact) mass is 291 g/mol. The van der Waals surface area contributed by atoms with Gasteiger partial charge in [0.25, 0.3) is 0 Å². The molecule has 0 saturated carbocycles. The summed E-state index contributed by atoms with van der Waals surface area (Å²) < 4.78 is 0. The maximum absolute atomic E-state index is 11.4. The number of fused-ring (bicyclic) bond motifs is 1. The molecule has 1 aromatic carbocycles. The van der Waals surface area contributed by atoms with Crippen LogP contribution in [0, 0.1) is 5.92 Å². The summed E-state index contributed by atoms with van der Waals surface area (Å²) in [5.74, 6) is 3.39. The van der Waals surface area contributed by atoms with Gasteiger partial charge in [-0.2, -0.15) is 11.8 Å². The number of rotatable bonds is 3. The van der Waals surface area contributed by atoms with Crippen LogP contribution in [0.1, 0.15) is 24.8 Å². The molecule has 0 unspecified atom stereocenters. The number of hydrogen-bond acceptors (Lipinski definition) is 4. The zero-order chi connectivity index (χ0) is 13.9. The molecule has 1 saturated heterocycles. The Balaban J connectivity index is 1.68. The van der Waals surface area contributed by atoms with Gasteiger partial charge in [0.05, 0.1) is 11.4 Å². The SMILES string of the molecule is Nc1cc2c(cc1NCC1CCSCC1)CCC(=O)N2. The first-order valence-electron chi connectivity index (χ1n) is 7.26. The Hall–Kier alpha value is -1.36. The Labute approximate surface area is 123 Å². The van der Waals surface area contributed by atoms with Crippen LogP contribution in [0.4, 0.5) is 17.1 Å². The van der Waals surface area contributed by atoms with E-state index in [0.717, 1.165) is 35.9 Å². The van der Waals surface area contributed by atoms with E-state index in [1.54, 1.807) is 0 Å². The Morgan fingerprint density at radius 1 is 1.30 bits per heavy atom. The lowest BCUT2D eigenvalue weighted by molar-refractivity contribution is -0.116. The Morgan fingerprint density at radius 3 is 2.90 bits per heavy atom. The summed E-state index contributed by atoms with van der Waals surface area (Å²) in [6.45, 7) is 0.996. The standard InChI is InChI=1S/C15H21N3OS/c16-12-8-13-11(1-2-15(19)18-13)7-14(12)17-9-10-3-5-20-6-4-10/h7-8,10,17H,1-6,9,16H2,(H,18,19). The van der Waals surface area contributed by atoms with Crippen LogP contribution in [0.3, 0.4) is 0 Å². The summed E-state index contributed by atoms with van der Waals surface area (Å²) in [5.41, 5.74) is 9.87. The Morgan fingerprint density at radius 2 is 2.10 bits per heavy atom. The van der Waals surface area contributed by atoms with E-state index in [1.807, 2.05) is 17.8 Å². The second kappa shape index (κ2) is 5.95. The van der Waals surface area contributed by atoms with Crippen molar-refractivity contribution in [2.45, 2.75) is 25.7 Å². The molecule has 0 bridgehead atoms. The van der Waals surface area contributed by atoms with Crippen molar-refractivity contribution in [1.82, 2.24) is 0 Å². The number of anilines is 3. The van der Waals surface area contributed by atoms with Crippen molar-refractivity contribution in [3.63, 3.8) is 0 Å². The van der Waals surface area contributed by atoms with Crippen LogP contribution in [0.5, 0.6) is 0 Å². The van der Waals surface area contributed by atoms with Crippen LogP contribution in [0.2, 0.25) is 0 Å². The molecule has 0 aromatic heterocycles. The molecule has 4 N–H and O–H groups in total. The minimum absolute atomic E-state index is 0.0808. The average molecular weight is 291 g/mol. The molecule has 1 aromatic rings. The second-order valence-electron chi connectivity index (χ2n) is 5.58. The lowest BCUT2D eigenvalue weighted by atomic mass is 10.00. The number of thioether (sulfide) groups is 1. The van der Waals surface area contributed by atoms with Crippen molar-refractivity contribution in [1.29, 1.82) is 0 Å². The molecule has 108 valence electrons. The topological polar surface area (TPSA) is 67.1 Å². The van der Waals surface area contributed by atoms with E-state index in [4.69, 9.17) is 5.73 Å². The van der Waals surface area contributed by atoms with Crippen molar-refractivity contribution < 1.29 is 4.79 Å². The van der Waals surface area contributed by atoms with E-state index in [1.165, 1.54) is 29.9 Å². The summed E-state index contributed by atoms with van der Waals surface area (Å²) in [4.78, 5) is 11.4. The predicted octanol–water partition coefficient (Wildman–Crippen LogP) is 2.71. The van der Waals surface area contributed by atoms with E-state index in [2.05, 4.69) is 16.7 Å². The molecule has 1 fully saturated rings. The normalized spacial score (nSPS) is 19.3. The van der Waals surface area contributed by atoms with Crippen molar-refractivity contribution >= 4 is 34.7 Å². The zero-order valence-corrected chi connectivity index (χ0v) is 12.4. The first kappa shape index (κ1) is 13.6. The highest BCUT2D eigenvalue weighted by Crippen LogP contribution is 2.31. The van der Waals surface area contributed by atoms with Crippen LogP contribution in [0.25, 0.3) is 0 Å². The van der Waals surface area contributed by atoms with Gasteiger partial charge < -0.3 is 16.4 Å². The van der Waals surface area contributed by atoms with Gasteiger partial charge in [-0.1, -0.05) is 0 Å². The number of benzene rings is 1. The fourth-order valence-electron chi connectivity index (χ4n) is 2.80. The van der Waals surface area contributed by atoms with Crippen LogP contribution in [0.15, 0.2) is 12.1 Å². The van der Waals surface area contributed by atoms with Crippen LogP contribution in [-0.2, 0) is 11.2 Å². The average Bonchev–Trinajstić information content (AvgIpc) is 2.46. The van der Waals surface area contributed by atoms with Crippen LogP contribution in [-0.4, -0.2) is 24.0 Å². The van der Waals surface area contributed by atoms with Gasteiger partial charge in [0, 0.05) is 18.7 Å². The summed E-state index contributed by atoms with van der Waals surface area (Å²) in [5, 5.41) is 6.38. The van der Waals surface area contributed by atoms with Gasteiger partial charge in [-0.15, -0.1) is 0 Å². The fraction of sp³-hybridized carbons (Fsp3) is 0.533. The highest BCUT2D eigenvalue weighted by Gasteiger charge is 2.18. The molecule has 0 atom stereocenters. The third-order valence-corrected chi connectivity index (χ3v) is 5.14. The van der Waals surface area contributed by atoms with Gasteiger partial charge in [-0.3, -0.25) is 4.79 Å². The van der Waals surface area contributed by atoms with Crippen molar-refractivity contribution in [2.24, 2.45) is 5.92 Å². The molecule has 2 heterocycles. The van der Waals surface area contributed by atoms with Gasteiger partial charge in [0.2, 0.25) is 5.91 Å². The third kappa shape index (κ3) is 3.03. The number of carbonyl (C=O) groups is 1. The molecule has 0 aliphatic carbocycles. The third-order valence-electron chi connectivity index (χ3n) is 4.09. The van der Waals surface area contributed by atoms with Crippen molar-refractivity contribution in [3.8, 4) is 0 Å². The molecule has 0 radical (unpaired) electrons. The Kier molecular flexibility index (Phi) is 4.05. The number of nitrogen functional groups attached to an aromatic ring is 1. The molecular formula is C15H21N3OS. The summed E-state index contributed by atoms with van der Waals surface area (Å²) in [6.07, 6.45) is 3.95. The quantitative estimate of drug-likeness (QED) is 0.749. The van der Waals surface area contributed by atoms with Gasteiger partial charge in [0.15, 0.2) is 0 Å². The molecule has 4 nitrogen and oxygen atoms in total. The Bertz CT molecular complexity index is 512. The number of nitrogens with one attached hydrogen (secondary N) is 2. The second-order valence-corrected chi connectivity index (χ2v) is 6.81. The smallest absolute Gasteiger partial charge is 0.224 e. The van der Waals surface area contributed by atoms with E-state index in [0.29, 0.717) is 6.42 Å². The van der Waals surface area contributed by atoms with Gasteiger partial charge >= 0.3 is 0 Å². The van der Waals surface area contributed by atoms with Gasteiger partial charge in [-0.05, 0) is 54.4 Å². The number of carbonyl (C=O) groups excluding carboxylic acids is 1. The van der Waals surface area contributed by atoms with Crippen molar-refractivity contribution in [3.05, 3.63) is 17.7 Å². The van der Waals surface area contributed by atoms with E-state index >= 15 is 0 Å². The molecule has 2 aliphatic heterocycles. The number of nitrogens with two attached hydrogens (primary N) is 1. The molecule has 20 heavy (non-hydrogen) atoms. The molecule has 1 amide bonds. The van der Waals surface area contributed by atoms with Gasteiger partial charge in [-0.25, -0.2) is 0 Å². The number of aryl methyl sites for hydroxylation is 1. The lowest BCUT2D eigenvalue weighted by Gasteiger charge is -2.24. The van der Waals surface area contributed by atoms with Gasteiger partial charge in [0.1, 0.15) is 0 Å². The molecular weight excluding hydrogens is 270 g/mol. The summed E-state index contributed by atoms with van der Waals surface area (Å²) in [7, 11) is 0. The molecule has 3 rings (SSSR count). The predicted molar refractivity (Wildman–Crippen MR) is 86.3 cm³/mol. The summed E-state index contributed by atoms with van der Waals surface area (Å²) in [6, 6.07) is 3.98. The fourth-order valence-corrected chi connectivity index (χ4v) is 4.01. The first-order chi connectivity index (χ1) is 9.72. The molecule has 2 aliphatic rings. The highest BCUT2D eigenvalue weighted by atomic mass is 32.2. The lowest BCUT2D eigenvalue weighted by Crippen LogP contribution is -2.21. The van der Waals surface area contributed by atoms with Crippen LogP contribution >= 0.6 is 11.8 Å². The minimum Gasteiger partial charge on any atom is -0.397 e. The van der Waals surface area contributed by atoms with E-state index in [9.17, 15) is 4.79 Å². The first-order valence-corrected chi connectivity index (χ1v) is 8.41. The largest absolute Gasteiger partial charge is 0.397 e. The maximum Gasteiger partial charge on any atom is 0.224 e. The van der Waals surface area contributed by atoms with E-state index < -0.39 is 0 Å². The minimum atomic E-state index is 0.0808. The zero-order valence-electron chi connectivity index (χ0n) is 11.6. The summed E-state index contributed by atoms with van der Waals surface area (Å²) >= 11 is 2.05. The van der Waals surface area contributed by atoms with E-state index in [-0.39, 0.29) is 5.91 Å². The maximum atomic E-state index is 11.4. The number of amides is 1. The highest BCUT2D eigenvalue weighted by molar-refractivity contribution is 7.99. The molecule has 5 heteroatoms. The van der Waals surface area contributed by atoms with Crippen molar-refractivity contribution in [2.75, 3.05) is 34.4 Å². The number of hydrogen-bond donors (Lipinski definition) is 3. The molecule has 0 spiro atoms. The van der Waals surface area contributed by atoms with Crippen LogP contribution < -0.4 is 16.4 Å².